The number of aliphatic hydroxyl groups excluding tert-OH is 1. The monoisotopic (exact) mass is 288 g/mol. The molecule has 2 N–H and O–H groups in total. The summed E-state index contributed by atoms with van der Waals surface area (Å²) in [5.41, 5.74) is 0.542. The molecular formula is C15H13FN2O3. The number of amides is 1. The molecule has 0 atom stereocenters. The zero-order valence-corrected chi connectivity index (χ0v) is 11.1. The number of carbonyl (C=O) groups excluding carboxylic acids is 1. The number of aromatic nitrogens is 1. The molecule has 0 radical (unpaired) electrons. The van der Waals surface area contributed by atoms with Crippen LogP contribution in [0.4, 0.5) is 4.39 Å². The predicted molar refractivity (Wildman–Crippen MR) is 72.7 cm³/mol. The van der Waals surface area contributed by atoms with Gasteiger partial charge in [-0.25, -0.2) is 4.39 Å². The summed E-state index contributed by atoms with van der Waals surface area (Å²) in [5.74, 6) is 4.96. The highest BCUT2D eigenvalue weighted by Crippen LogP contribution is 2.11. The van der Waals surface area contributed by atoms with Crippen LogP contribution in [0.3, 0.4) is 0 Å². The third kappa shape index (κ3) is 4.16. The van der Waals surface area contributed by atoms with E-state index in [0.29, 0.717) is 11.3 Å². The van der Waals surface area contributed by atoms with Crippen LogP contribution in [0.2, 0.25) is 0 Å². The van der Waals surface area contributed by atoms with E-state index in [-0.39, 0.29) is 25.1 Å². The number of nitrogens with zero attached hydrogens (tertiary/aromatic N) is 1. The molecule has 0 aliphatic rings. The number of aliphatic hydroxyl groups is 1. The summed E-state index contributed by atoms with van der Waals surface area (Å²) in [6, 6.07) is 5.41. The Morgan fingerprint density at radius 3 is 3.00 bits per heavy atom. The molecule has 6 heteroatoms. The average molecular weight is 288 g/mol. The van der Waals surface area contributed by atoms with Gasteiger partial charge in [0.1, 0.15) is 5.82 Å². The molecule has 0 unspecified atom stereocenters. The Balaban J connectivity index is 2.15. The molecule has 1 aromatic heterocycles. The van der Waals surface area contributed by atoms with Crippen LogP contribution in [0.15, 0.2) is 35.0 Å². The number of hydrogen-bond donors (Lipinski definition) is 2. The molecule has 5 nitrogen and oxygen atoms in total. The molecule has 1 heterocycles. The van der Waals surface area contributed by atoms with Crippen molar-refractivity contribution >= 4 is 5.91 Å². The third-order valence-electron chi connectivity index (χ3n) is 2.60. The highest BCUT2D eigenvalue weighted by molar-refractivity contribution is 5.96. The van der Waals surface area contributed by atoms with E-state index < -0.39 is 11.7 Å². The molecular weight excluding hydrogens is 275 g/mol. The summed E-state index contributed by atoms with van der Waals surface area (Å²) in [7, 11) is 0. The van der Waals surface area contributed by atoms with Gasteiger partial charge in [-0.2, -0.15) is 0 Å². The van der Waals surface area contributed by atoms with Crippen molar-refractivity contribution in [1.29, 1.82) is 0 Å². The normalized spacial score (nSPS) is 9.81. The highest BCUT2D eigenvalue weighted by atomic mass is 19.1. The van der Waals surface area contributed by atoms with E-state index in [1.165, 1.54) is 18.3 Å². The van der Waals surface area contributed by atoms with E-state index >= 15 is 0 Å². The maximum absolute atomic E-state index is 13.3. The molecule has 2 aromatic rings. The fourth-order valence-electron chi connectivity index (χ4n) is 1.62. The summed E-state index contributed by atoms with van der Waals surface area (Å²) in [4.78, 5) is 12.1. The minimum absolute atomic E-state index is 0.0682. The van der Waals surface area contributed by atoms with Gasteiger partial charge in [-0.05, 0) is 18.2 Å². The fourth-order valence-corrected chi connectivity index (χ4v) is 1.62. The van der Waals surface area contributed by atoms with Crippen molar-refractivity contribution in [3.63, 3.8) is 0 Å². The summed E-state index contributed by atoms with van der Waals surface area (Å²) >= 11 is 0. The Kier molecular flexibility index (Phi) is 5.07. The van der Waals surface area contributed by atoms with Crippen molar-refractivity contribution in [3.05, 3.63) is 53.2 Å². The molecule has 1 amide bonds. The number of hydrogen-bond acceptors (Lipinski definition) is 4. The van der Waals surface area contributed by atoms with E-state index in [0.717, 1.165) is 6.07 Å². The molecule has 108 valence electrons. The topological polar surface area (TPSA) is 75.4 Å². The average Bonchev–Trinajstić information content (AvgIpc) is 3.00. The smallest absolute Gasteiger partial charge is 0.253 e. The van der Waals surface area contributed by atoms with Crippen LogP contribution in [0.25, 0.3) is 0 Å². The summed E-state index contributed by atoms with van der Waals surface area (Å²) in [6.07, 6.45) is 1.76. The first kappa shape index (κ1) is 14.8. The van der Waals surface area contributed by atoms with Gasteiger partial charge in [0.2, 0.25) is 0 Å². The maximum atomic E-state index is 13.3. The molecule has 0 saturated heterocycles. The van der Waals surface area contributed by atoms with Crippen molar-refractivity contribution in [1.82, 2.24) is 10.5 Å². The first-order chi connectivity index (χ1) is 10.2. The molecule has 0 saturated carbocycles. The van der Waals surface area contributed by atoms with Crippen LogP contribution in [0, 0.1) is 17.7 Å². The van der Waals surface area contributed by atoms with Gasteiger partial charge in [0.25, 0.3) is 5.91 Å². The Bertz CT molecular complexity index is 672. The van der Waals surface area contributed by atoms with Gasteiger partial charge in [0.15, 0.2) is 5.76 Å². The number of nitrogens with one attached hydrogen (secondary N) is 1. The molecule has 0 fully saturated rings. The minimum Gasteiger partial charge on any atom is -0.395 e. The van der Waals surface area contributed by atoms with E-state index in [9.17, 15) is 9.18 Å². The second-order valence-corrected chi connectivity index (χ2v) is 4.13. The van der Waals surface area contributed by atoms with Gasteiger partial charge in [-0.15, -0.1) is 0 Å². The molecule has 2 rings (SSSR count). The molecule has 0 aliphatic carbocycles. The van der Waals surface area contributed by atoms with Gasteiger partial charge in [0, 0.05) is 18.1 Å². The lowest BCUT2D eigenvalue weighted by Gasteiger charge is -2.05. The van der Waals surface area contributed by atoms with Crippen LogP contribution >= 0.6 is 0 Å². The standard InChI is InChI=1S/C15H13FN2O3/c16-12-5-4-11(3-1-2-8-19)14(9-12)15(20)17-10-13-6-7-18-21-13/h4-7,9,19H,2,8,10H2,(H,17,20). The van der Waals surface area contributed by atoms with Crippen molar-refractivity contribution in [2.45, 2.75) is 13.0 Å². The number of halogens is 1. The third-order valence-corrected chi connectivity index (χ3v) is 2.60. The van der Waals surface area contributed by atoms with E-state index in [1.807, 2.05) is 0 Å². The number of rotatable bonds is 4. The second-order valence-electron chi connectivity index (χ2n) is 4.13. The molecule has 0 aliphatic heterocycles. The first-order valence-corrected chi connectivity index (χ1v) is 6.27. The highest BCUT2D eigenvalue weighted by Gasteiger charge is 2.12. The van der Waals surface area contributed by atoms with Crippen LogP contribution in [0.5, 0.6) is 0 Å². The van der Waals surface area contributed by atoms with Crippen LogP contribution in [0.1, 0.15) is 28.1 Å². The summed E-state index contributed by atoms with van der Waals surface area (Å²) in [6.45, 7) is 0.0834. The van der Waals surface area contributed by atoms with Crippen molar-refractivity contribution < 1.29 is 18.8 Å². The predicted octanol–water partition coefficient (Wildman–Crippen LogP) is 1.48. The van der Waals surface area contributed by atoms with E-state index in [1.54, 1.807) is 6.07 Å². The summed E-state index contributed by atoms with van der Waals surface area (Å²) < 4.78 is 18.2. The number of carbonyl (C=O) groups is 1. The fraction of sp³-hybridized carbons (Fsp3) is 0.200. The van der Waals surface area contributed by atoms with Crippen LogP contribution in [-0.2, 0) is 6.54 Å². The Morgan fingerprint density at radius 2 is 2.29 bits per heavy atom. The summed E-state index contributed by atoms with van der Waals surface area (Å²) in [5, 5.41) is 14.8. The van der Waals surface area contributed by atoms with Gasteiger partial charge in [-0.1, -0.05) is 17.0 Å². The van der Waals surface area contributed by atoms with Crippen molar-refractivity contribution in [2.75, 3.05) is 6.61 Å². The van der Waals surface area contributed by atoms with E-state index in [2.05, 4.69) is 22.3 Å². The molecule has 0 bridgehead atoms. The maximum Gasteiger partial charge on any atom is 0.253 e. The van der Waals surface area contributed by atoms with Crippen molar-refractivity contribution in [2.24, 2.45) is 0 Å². The quantitative estimate of drug-likeness (QED) is 0.836. The lowest BCUT2D eigenvalue weighted by Crippen LogP contribution is -2.23. The minimum atomic E-state index is -0.521. The zero-order chi connectivity index (χ0) is 15.1. The lowest BCUT2D eigenvalue weighted by molar-refractivity contribution is 0.0946. The van der Waals surface area contributed by atoms with Gasteiger partial charge in [-0.3, -0.25) is 4.79 Å². The van der Waals surface area contributed by atoms with Crippen LogP contribution in [-0.4, -0.2) is 22.8 Å². The van der Waals surface area contributed by atoms with Gasteiger partial charge < -0.3 is 14.9 Å². The number of benzene rings is 1. The lowest BCUT2D eigenvalue weighted by atomic mass is 10.1. The Labute approximate surface area is 120 Å². The van der Waals surface area contributed by atoms with Gasteiger partial charge >= 0.3 is 0 Å². The molecule has 1 aromatic carbocycles. The van der Waals surface area contributed by atoms with Gasteiger partial charge in [0.05, 0.1) is 24.9 Å². The zero-order valence-electron chi connectivity index (χ0n) is 11.1. The molecule has 0 spiro atoms. The second kappa shape index (κ2) is 7.22. The largest absolute Gasteiger partial charge is 0.395 e. The van der Waals surface area contributed by atoms with Crippen molar-refractivity contribution in [3.8, 4) is 11.8 Å². The molecule has 21 heavy (non-hydrogen) atoms. The Morgan fingerprint density at radius 1 is 1.43 bits per heavy atom. The first-order valence-electron chi connectivity index (χ1n) is 6.27. The SMILES string of the molecule is O=C(NCc1ccno1)c1cc(F)ccc1C#CCCO. The Hall–Kier alpha value is -2.65. The van der Waals surface area contributed by atoms with Crippen LogP contribution < -0.4 is 5.32 Å². The van der Waals surface area contributed by atoms with E-state index in [4.69, 9.17) is 9.63 Å².